The first-order chi connectivity index (χ1) is 9.57. The first kappa shape index (κ1) is 15.1. The number of likely N-dealkylation sites (tertiary alicyclic amines) is 1. The number of hydrogen-bond donors (Lipinski definition) is 1. The zero-order valence-corrected chi connectivity index (χ0v) is 12.4. The van der Waals surface area contributed by atoms with Crippen LogP contribution >= 0.6 is 0 Å². The Morgan fingerprint density at radius 1 is 1.30 bits per heavy atom. The summed E-state index contributed by atoms with van der Waals surface area (Å²) in [5.74, 6) is -0.532. The predicted octanol–water partition coefficient (Wildman–Crippen LogP) is 2.98. The van der Waals surface area contributed by atoms with Gasteiger partial charge in [0.1, 0.15) is 0 Å². The second-order valence-corrected chi connectivity index (χ2v) is 6.10. The number of carboxylic acid groups (broad SMARTS) is 1. The molecule has 1 saturated heterocycles. The maximum atomic E-state index is 12.3. The number of rotatable bonds is 4. The number of aliphatic carboxylic acids is 1. The Labute approximate surface area is 120 Å². The van der Waals surface area contributed by atoms with Crippen molar-refractivity contribution in [1.29, 1.82) is 0 Å². The van der Waals surface area contributed by atoms with Crippen molar-refractivity contribution >= 4 is 11.9 Å². The summed E-state index contributed by atoms with van der Waals surface area (Å²) in [7, 11) is 0. The lowest BCUT2D eigenvalue weighted by atomic mass is 9.76. The van der Waals surface area contributed by atoms with E-state index in [1.165, 1.54) is 18.4 Å². The van der Waals surface area contributed by atoms with Gasteiger partial charge < -0.3 is 10.0 Å². The van der Waals surface area contributed by atoms with E-state index in [1.807, 2.05) is 11.8 Å². The van der Waals surface area contributed by atoms with Crippen LogP contribution in [-0.4, -0.2) is 35.0 Å². The van der Waals surface area contributed by atoms with Gasteiger partial charge in [0.15, 0.2) is 0 Å². The Hall–Kier alpha value is -1.32. The van der Waals surface area contributed by atoms with Gasteiger partial charge >= 0.3 is 5.97 Å². The third-order valence-electron chi connectivity index (χ3n) is 4.97. The van der Waals surface area contributed by atoms with Gasteiger partial charge in [-0.05, 0) is 44.9 Å². The molecule has 112 valence electrons. The molecule has 0 aromatic heterocycles. The smallest absolute Gasteiger partial charge is 0.309 e. The molecule has 0 unspecified atom stereocenters. The molecule has 1 fully saturated rings. The van der Waals surface area contributed by atoms with Crippen LogP contribution in [0.3, 0.4) is 0 Å². The van der Waals surface area contributed by atoms with Crippen LogP contribution in [0.25, 0.3) is 0 Å². The van der Waals surface area contributed by atoms with Gasteiger partial charge in [0, 0.05) is 19.5 Å². The normalized spacial score (nSPS) is 22.2. The zero-order chi connectivity index (χ0) is 14.6. The molecule has 1 aliphatic heterocycles. The molecule has 4 nitrogen and oxygen atoms in total. The zero-order valence-electron chi connectivity index (χ0n) is 12.4. The van der Waals surface area contributed by atoms with Gasteiger partial charge in [0.25, 0.3) is 0 Å². The standard InChI is InChI=1S/C16H25NO3/c1-2-16(15(19)20)8-10-17(11-9-16)14(18)12-13-6-4-3-5-7-13/h6H,2-5,7-12H2,1H3,(H,19,20). The van der Waals surface area contributed by atoms with E-state index in [4.69, 9.17) is 0 Å². The van der Waals surface area contributed by atoms with Gasteiger partial charge in [-0.1, -0.05) is 18.6 Å². The average molecular weight is 279 g/mol. The maximum absolute atomic E-state index is 12.3. The Morgan fingerprint density at radius 3 is 2.50 bits per heavy atom. The molecule has 0 aromatic rings. The molecule has 2 aliphatic rings. The Bertz CT molecular complexity index is 406. The molecule has 1 aliphatic carbocycles. The minimum absolute atomic E-state index is 0.174. The second kappa shape index (κ2) is 6.42. The molecule has 0 saturated carbocycles. The van der Waals surface area contributed by atoms with Crippen molar-refractivity contribution in [3.8, 4) is 0 Å². The van der Waals surface area contributed by atoms with Crippen molar-refractivity contribution in [3.05, 3.63) is 11.6 Å². The topological polar surface area (TPSA) is 57.6 Å². The number of allylic oxidation sites excluding steroid dienone is 1. The monoisotopic (exact) mass is 279 g/mol. The molecular formula is C16H25NO3. The van der Waals surface area contributed by atoms with Crippen LogP contribution in [0, 0.1) is 5.41 Å². The minimum atomic E-state index is -0.706. The molecule has 0 bridgehead atoms. The highest BCUT2D eigenvalue weighted by atomic mass is 16.4. The van der Waals surface area contributed by atoms with Gasteiger partial charge in [0.2, 0.25) is 5.91 Å². The van der Waals surface area contributed by atoms with Gasteiger partial charge in [-0.3, -0.25) is 9.59 Å². The van der Waals surface area contributed by atoms with Crippen LogP contribution in [-0.2, 0) is 9.59 Å². The lowest BCUT2D eigenvalue weighted by Crippen LogP contribution is -2.46. The summed E-state index contributed by atoms with van der Waals surface area (Å²) in [4.78, 5) is 25.5. The SMILES string of the molecule is CCC1(C(=O)O)CCN(C(=O)CC2=CCCCC2)CC1. The largest absolute Gasteiger partial charge is 0.481 e. The fourth-order valence-corrected chi connectivity index (χ4v) is 3.27. The minimum Gasteiger partial charge on any atom is -0.481 e. The Balaban J connectivity index is 1.88. The Kier molecular flexibility index (Phi) is 4.84. The fourth-order valence-electron chi connectivity index (χ4n) is 3.27. The van der Waals surface area contributed by atoms with Crippen LogP contribution < -0.4 is 0 Å². The van der Waals surface area contributed by atoms with E-state index in [0.717, 1.165) is 12.8 Å². The van der Waals surface area contributed by atoms with Crippen molar-refractivity contribution in [1.82, 2.24) is 4.90 Å². The van der Waals surface area contributed by atoms with Crippen LogP contribution in [0.2, 0.25) is 0 Å². The lowest BCUT2D eigenvalue weighted by molar-refractivity contribution is -0.154. The maximum Gasteiger partial charge on any atom is 0.309 e. The highest BCUT2D eigenvalue weighted by Gasteiger charge is 2.40. The first-order valence-corrected chi connectivity index (χ1v) is 7.76. The molecular weight excluding hydrogens is 254 g/mol. The summed E-state index contributed by atoms with van der Waals surface area (Å²) in [6, 6.07) is 0. The number of hydrogen-bond acceptors (Lipinski definition) is 2. The van der Waals surface area contributed by atoms with Crippen molar-refractivity contribution in [3.63, 3.8) is 0 Å². The van der Waals surface area contributed by atoms with Gasteiger partial charge in [-0.2, -0.15) is 0 Å². The van der Waals surface area contributed by atoms with E-state index >= 15 is 0 Å². The highest BCUT2D eigenvalue weighted by Crippen LogP contribution is 2.35. The van der Waals surface area contributed by atoms with Gasteiger partial charge in [-0.15, -0.1) is 0 Å². The third kappa shape index (κ3) is 3.22. The van der Waals surface area contributed by atoms with Crippen LogP contribution in [0.15, 0.2) is 11.6 Å². The quantitative estimate of drug-likeness (QED) is 0.805. The number of carboxylic acids is 1. The molecule has 20 heavy (non-hydrogen) atoms. The Morgan fingerprint density at radius 2 is 2.00 bits per heavy atom. The summed E-state index contributed by atoms with van der Waals surface area (Å²) in [6.45, 7) is 3.11. The van der Waals surface area contributed by atoms with Crippen molar-refractivity contribution in [2.45, 2.75) is 58.3 Å². The number of piperidine rings is 1. The van der Waals surface area contributed by atoms with Crippen LogP contribution in [0.4, 0.5) is 0 Å². The molecule has 0 aromatic carbocycles. The van der Waals surface area contributed by atoms with E-state index < -0.39 is 11.4 Å². The molecule has 2 rings (SSSR count). The highest BCUT2D eigenvalue weighted by molar-refractivity contribution is 5.80. The number of carbonyl (C=O) groups excluding carboxylic acids is 1. The van der Waals surface area contributed by atoms with Crippen LogP contribution in [0.1, 0.15) is 58.3 Å². The summed E-state index contributed by atoms with van der Waals surface area (Å²) in [5.41, 5.74) is 0.660. The molecule has 0 spiro atoms. The van der Waals surface area contributed by atoms with E-state index in [1.54, 1.807) is 0 Å². The molecule has 0 radical (unpaired) electrons. The van der Waals surface area contributed by atoms with Crippen molar-refractivity contribution < 1.29 is 14.7 Å². The third-order valence-corrected chi connectivity index (χ3v) is 4.97. The van der Waals surface area contributed by atoms with Crippen molar-refractivity contribution in [2.75, 3.05) is 13.1 Å². The van der Waals surface area contributed by atoms with E-state index in [9.17, 15) is 14.7 Å². The molecule has 1 amide bonds. The average Bonchev–Trinajstić information content (AvgIpc) is 2.48. The van der Waals surface area contributed by atoms with E-state index in [-0.39, 0.29) is 5.91 Å². The lowest BCUT2D eigenvalue weighted by Gasteiger charge is -2.38. The van der Waals surface area contributed by atoms with Crippen LogP contribution in [0.5, 0.6) is 0 Å². The molecule has 4 heteroatoms. The van der Waals surface area contributed by atoms with E-state index in [0.29, 0.717) is 38.8 Å². The summed E-state index contributed by atoms with van der Waals surface area (Å²) in [6.07, 6.45) is 9.14. The second-order valence-electron chi connectivity index (χ2n) is 6.10. The van der Waals surface area contributed by atoms with E-state index in [2.05, 4.69) is 6.08 Å². The predicted molar refractivity (Wildman–Crippen MR) is 77.3 cm³/mol. The van der Waals surface area contributed by atoms with Gasteiger partial charge in [-0.25, -0.2) is 0 Å². The molecule has 1 heterocycles. The number of carbonyl (C=O) groups is 2. The molecule has 1 N–H and O–H groups in total. The summed E-state index contributed by atoms with van der Waals surface area (Å²) >= 11 is 0. The first-order valence-electron chi connectivity index (χ1n) is 7.76. The van der Waals surface area contributed by atoms with Gasteiger partial charge in [0.05, 0.1) is 5.41 Å². The number of amides is 1. The fraction of sp³-hybridized carbons (Fsp3) is 0.750. The molecule has 0 atom stereocenters. The summed E-state index contributed by atoms with van der Waals surface area (Å²) in [5, 5.41) is 9.36. The summed E-state index contributed by atoms with van der Waals surface area (Å²) < 4.78 is 0. The number of nitrogens with zero attached hydrogens (tertiary/aromatic N) is 1. The van der Waals surface area contributed by atoms with Crippen molar-refractivity contribution in [2.24, 2.45) is 5.41 Å².